The van der Waals surface area contributed by atoms with E-state index in [0.717, 1.165) is 45.6 Å². The quantitative estimate of drug-likeness (QED) is 0.752. The molecular weight excluding hydrogens is 216 g/mol. The minimum absolute atomic E-state index is 0.0280. The van der Waals surface area contributed by atoms with Crippen LogP contribution in [0.4, 0.5) is 0 Å². The summed E-state index contributed by atoms with van der Waals surface area (Å²) in [6.07, 6.45) is 4.54. The lowest BCUT2D eigenvalue weighted by Crippen LogP contribution is -2.52. The minimum atomic E-state index is 0.0280. The van der Waals surface area contributed by atoms with Crippen LogP contribution in [-0.2, 0) is 9.47 Å². The standard InChI is InChI=1S/C13H26N2O2/c1-12(4-3-9-17-12)10-15-11-13(16-2)5-7-14-8-6-13/h14-15H,3-11H2,1-2H3. The largest absolute Gasteiger partial charge is 0.377 e. The summed E-state index contributed by atoms with van der Waals surface area (Å²) in [5.74, 6) is 0. The molecule has 0 aromatic carbocycles. The smallest absolute Gasteiger partial charge is 0.0826 e. The normalized spacial score (nSPS) is 32.8. The van der Waals surface area contributed by atoms with Gasteiger partial charge in [0.1, 0.15) is 0 Å². The summed E-state index contributed by atoms with van der Waals surface area (Å²) in [5, 5.41) is 6.93. The third-order valence-electron chi connectivity index (χ3n) is 4.19. The molecule has 0 aromatic rings. The first-order chi connectivity index (χ1) is 8.18. The third-order valence-corrected chi connectivity index (χ3v) is 4.19. The Bertz CT molecular complexity index is 234. The Balaban J connectivity index is 1.75. The van der Waals surface area contributed by atoms with Crippen molar-refractivity contribution in [3.8, 4) is 0 Å². The van der Waals surface area contributed by atoms with E-state index in [2.05, 4.69) is 17.6 Å². The van der Waals surface area contributed by atoms with E-state index in [1.54, 1.807) is 0 Å². The first kappa shape index (κ1) is 13.3. The zero-order valence-electron chi connectivity index (χ0n) is 11.2. The van der Waals surface area contributed by atoms with Crippen LogP contribution in [0.25, 0.3) is 0 Å². The van der Waals surface area contributed by atoms with Gasteiger partial charge in [-0.05, 0) is 45.7 Å². The molecule has 2 aliphatic rings. The average Bonchev–Trinajstić information content (AvgIpc) is 2.77. The van der Waals surface area contributed by atoms with Crippen LogP contribution >= 0.6 is 0 Å². The number of methoxy groups -OCH3 is 1. The first-order valence-corrected chi connectivity index (χ1v) is 6.79. The van der Waals surface area contributed by atoms with E-state index in [4.69, 9.17) is 9.47 Å². The SMILES string of the molecule is COC1(CNCC2(C)CCCO2)CCNCC1. The van der Waals surface area contributed by atoms with Crippen molar-refractivity contribution < 1.29 is 9.47 Å². The van der Waals surface area contributed by atoms with Gasteiger partial charge in [-0.15, -0.1) is 0 Å². The van der Waals surface area contributed by atoms with Crippen LogP contribution in [0.5, 0.6) is 0 Å². The van der Waals surface area contributed by atoms with Gasteiger partial charge in [0.25, 0.3) is 0 Å². The Morgan fingerprint density at radius 3 is 2.59 bits per heavy atom. The molecule has 0 aliphatic carbocycles. The van der Waals surface area contributed by atoms with Crippen molar-refractivity contribution in [1.82, 2.24) is 10.6 Å². The maximum atomic E-state index is 5.78. The van der Waals surface area contributed by atoms with Crippen molar-refractivity contribution in [2.24, 2.45) is 0 Å². The Morgan fingerprint density at radius 1 is 1.24 bits per heavy atom. The molecule has 4 heteroatoms. The van der Waals surface area contributed by atoms with E-state index in [9.17, 15) is 0 Å². The van der Waals surface area contributed by atoms with Gasteiger partial charge in [0.05, 0.1) is 11.2 Å². The summed E-state index contributed by atoms with van der Waals surface area (Å²) in [4.78, 5) is 0. The molecule has 2 N–H and O–H groups in total. The molecule has 2 saturated heterocycles. The van der Waals surface area contributed by atoms with Crippen molar-refractivity contribution in [2.45, 2.75) is 43.8 Å². The van der Waals surface area contributed by atoms with Crippen LogP contribution < -0.4 is 10.6 Å². The average molecular weight is 242 g/mol. The number of hydrogen-bond acceptors (Lipinski definition) is 4. The van der Waals surface area contributed by atoms with Gasteiger partial charge in [-0.1, -0.05) is 0 Å². The molecule has 0 bridgehead atoms. The lowest BCUT2D eigenvalue weighted by atomic mass is 9.91. The second kappa shape index (κ2) is 5.65. The van der Waals surface area contributed by atoms with Gasteiger partial charge in [-0.2, -0.15) is 0 Å². The molecular formula is C13H26N2O2. The zero-order valence-corrected chi connectivity index (χ0v) is 11.2. The maximum absolute atomic E-state index is 5.78. The lowest BCUT2D eigenvalue weighted by Gasteiger charge is -2.37. The Morgan fingerprint density at radius 2 is 2.00 bits per heavy atom. The molecule has 2 aliphatic heterocycles. The summed E-state index contributed by atoms with van der Waals surface area (Å²) in [7, 11) is 1.83. The highest BCUT2D eigenvalue weighted by Crippen LogP contribution is 2.25. The van der Waals surface area contributed by atoms with E-state index >= 15 is 0 Å². The van der Waals surface area contributed by atoms with Crippen LogP contribution in [0.3, 0.4) is 0 Å². The van der Waals surface area contributed by atoms with Crippen LogP contribution in [0.1, 0.15) is 32.6 Å². The van der Waals surface area contributed by atoms with Gasteiger partial charge in [0.2, 0.25) is 0 Å². The van der Waals surface area contributed by atoms with E-state index in [1.165, 1.54) is 12.8 Å². The van der Waals surface area contributed by atoms with E-state index < -0.39 is 0 Å². The molecule has 0 aromatic heterocycles. The molecule has 0 amide bonds. The van der Waals surface area contributed by atoms with Gasteiger partial charge in [-0.25, -0.2) is 0 Å². The topological polar surface area (TPSA) is 42.5 Å². The molecule has 2 heterocycles. The van der Waals surface area contributed by atoms with Gasteiger partial charge >= 0.3 is 0 Å². The predicted octanol–water partition coefficient (Wildman–Crippen LogP) is 0.914. The number of piperidine rings is 1. The summed E-state index contributed by atoms with van der Waals surface area (Å²) in [6, 6.07) is 0. The van der Waals surface area contributed by atoms with Crippen LogP contribution in [0, 0.1) is 0 Å². The molecule has 0 spiro atoms. The summed E-state index contributed by atoms with van der Waals surface area (Å²) >= 11 is 0. The van der Waals surface area contributed by atoms with Gasteiger partial charge < -0.3 is 20.1 Å². The molecule has 100 valence electrons. The van der Waals surface area contributed by atoms with Crippen molar-refractivity contribution >= 4 is 0 Å². The second-order valence-electron chi connectivity index (χ2n) is 5.64. The van der Waals surface area contributed by atoms with Gasteiger partial charge in [0, 0.05) is 26.8 Å². The third kappa shape index (κ3) is 3.41. The number of ether oxygens (including phenoxy) is 2. The van der Waals surface area contributed by atoms with E-state index in [1.807, 2.05) is 7.11 Å². The van der Waals surface area contributed by atoms with Crippen LogP contribution in [0.15, 0.2) is 0 Å². The van der Waals surface area contributed by atoms with Crippen molar-refractivity contribution in [1.29, 1.82) is 0 Å². The molecule has 0 saturated carbocycles. The Labute approximate surface area is 104 Å². The van der Waals surface area contributed by atoms with Crippen LogP contribution in [0.2, 0.25) is 0 Å². The highest BCUT2D eigenvalue weighted by Gasteiger charge is 2.34. The highest BCUT2D eigenvalue weighted by atomic mass is 16.5. The van der Waals surface area contributed by atoms with Gasteiger partial charge in [0.15, 0.2) is 0 Å². The number of nitrogens with one attached hydrogen (secondary N) is 2. The first-order valence-electron chi connectivity index (χ1n) is 6.79. The fourth-order valence-corrected chi connectivity index (χ4v) is 2.87. The molecule has 1 unspecified atom stereocenters. The summed E-state index contributed by atoms with van der Waals surface area (Å²) in [5.41, 5.74) is 0.0715. The molecule has 1 atom stereocenters. The summed E-state index contributed by atoms with van der Waals surface area (Å²) < 4.78 is 11.5. The summed E-state index contributed by atoms with van der Waals surface area (Å²) in [6.45, 7) is 7.11. The van der Waals surface area contributed by atoms with E-state index in [-0.39, 0.29) is 11.2 Å². The van der Waals surface area contributed by atoms with Crippen molar-refractivity contribution in [3.05, 3.63) is 0 Å². The zero-order chi connectivity index (χ0) is 12.2. The molecule has 0 radical (unpaired) electrons. The molecule has 17 heavy (non-hydrogen) atoms. The minimum Gasteiger partial charge on any atom is -0.377 e. The lowest BCUT2D eigenvalue weighted by molar-refractivity contribution is -0.0389. The highest BCUT2D eigenvalue weighted by molar-refractivity contribution is 4.90. The van der Waals surface area contributed by atoms with Crippen molar-refractivity contribution in [2.75, 3.05) is 39.9 Å². The maximum Gasteiger partial charge on any atom is 0.0826 e. The fourth-order valence-electron chi connectivity index (χ4n) is 2.87. The van der Waals surface area contributed by atoms with Gasteiger partial charge in [-0.3, -0.25) is 0 Å². The van der Waals surface area contributed by atoms with E-state index in [0.29, 0.717) is 0 Å². The molecule has 2 fully saturated rings. The Kier molecular flexibility index (Phi) is 4.42. The van der Waals surface area contributed by atoms with Crippen molar-refractivity contribution in [3.63, 3.8) is 0 Å². The monoisotopic (exact) mass is 242 g/mol. The number of rotatable bonds is 5. The molecule has 2 rings (SSSR count). The number of hydrogen-bond donors (Lipinski definition) is 2. The fraction of sp³-hybridized carbons (Fsp3) is 1.00. The van der Waals surface area contributed by atoms with Crippen LogP contribution in [-0.4, -0.2) is 51.1 Å². The predicted molar refractivity (Wildman–Crippen MR) is 68.3 cm³/mol. The Hall–Kier alpha value is -0.160. The second-order valence-corrected chi connectivity index (χ2v) is 5.64. The molecule has 4 nitrogen and oxygen atoms in total.